The molecule has 0 aromatic rings. The van der Waals surface area contributed by atoms with Crippen molar-refractivity contribution in [3.63, 3.8) is 0 Å². The standard InChI is InChI=1S/C28H42O4/c1-17(13-22-16-27(3,4)26(31)32-22)23-10-11-24-19(7-6-12-28(23,24)5)8-9-20-14-21(29)15-25(30)18(20)2/h8-9,17,21-25,29-30H,2,6-7,10-16H2,1,3-5H3/t17-,21?,22+,23-,24?,25?,28-/m1/s1. The fraction of sp³-hybridized carbons (Fsp3) is 0.750. The smallest absolute Gasteiger partial charge is 0.311 e. The van der Waals surface area contributed by atoms with Gasteiger partial charge in [-0.2, -0.15) is 0 Å². The number of esters is 1. The van der Waals surface area contributed by atoms with Crippen molar-refractivity contribution in [2.75, 3.05) is 0 Å². The van der Waals surface area contributed by atoms with Gasteiger partial charge in [-0.1, -0.05) is 38.2 Å². The zero-order valence-corrected chi connectivity index (χ0v) is 20.4. The zero-order valence-electron chi connectivity index (χ0n) is 20.4. The van der Waals surface area contributed by atoms with Gasteiger partial charge in [-0.15, -0.1) is 0 Å². The van der Waals surface area contributed by atoms with Crippen molar-refractivity contribution in [2.45, 2.75) is 104 Å². The van der Waals surface area contributed by atoms with Crippen LogP contribution in [0.1, 0.15) is 85.5 Å². The van der Waals surface area contributed by atoms with E-state index in [1.807, 2.05) is 13.8 Å². The average Bonchev–Trinajstić information content (AvgIpc) is 3.18. The first-order valence-electron chi connectivity index (χ1n) is 12.7. The van der Waals surface area contributed by atoms with Crippen LogP contribution in [0.5, 0.6) is 0 Å². The zero-order chi connectivity index (χ0) is 23.3. The second-order valence-electron chi connectivity index (χ2n) is 12.0. The van der Waals surface area contributed by atoms with Gasteiger partial charge in [0.2, 0.25) is 0 Å². The van der Waals surface area contributed by atoms with E-state index in [1.165, 1.54) is 31.3 Å². The summed E-state index contributed by atoms with van der Waals surface area (Å²) >= 11 is 0. The van der Waals surface area contributed by atoms with E-state index in [-0.39, 0.29) is 17.5 Å². The Hall–Kier alpha value is -1.39. The Labute approximate surface area is 193 Å². The molecular weight excluding hydrogens is 400 g/mol. The summed E-state index contributed by atoms with van der Waals surface area (Å²) in [6, 6.07) is 0. The third-order valence-corrected chi connectivity index (χ3v) is 9.19. The minimum atomic E-state index is -0.633. The number of aliphatic hydroxyl groups excluding tert-OH is 2. The Morgan fingerprint density at radius 2 is 1.97 bits per heavy atom. The molecule has 0 aromatic heterocycles. The molecule has 7 atom stereocenters. The van der Waals surface area contributed by atoms with Crippen molar-refractivity contribution in [1.29, 1.82) is 0 Å². The Morgan fingerprint density at radius 1 is 1.22 bits per heavy atom. The number of aliphatic hydroxyl groups is 2. The maximum Gasteiger partial charge on any atom is 0.311 e. The van der Waals surface area contributed by atoms with E-state index in [4.69, 9.17) is 4.74 Å². The van der Waals surface area contributed by atoms with E-state index < -0.39 is 12.2 Å². The van der Waals surface area contributed by atoms with Crippen LogP contribution >= 0.6 is 0 Å². The largest absolute Gasteiger partial charge is 0.462 e. The summed E-state index contributed by atoms with van der Waals surface area (Å²) in [5, 5.41) is 20.2. The number of hydrogen-bond acceptors (Lipinski definition) is 4. The molecule has 4 rings (SSSR count). The highest BCUT2D eigenvalue weighted by molar-refractivity contribution is 5.78. The van der Waals surface area contributed by atoms with Gasteiger partial charge >= 0.3 is 5.97 Å². The Balaban J connectivity index is 1.47. The lowest BCUT2D eigenvalue weighted by atomic mass is 9.60. The van der Waals surface area contributed by atoms with Crippen LogP contribution in [0.25, 0.3) is 0 Å². The van der Waals surface area contributed by atoms with Gasteiger partial charge in [-0.25, -0.2) is 0 Å². The van der Waals surface area contributed by atoms with Crippen molar-refractivity contribution in [2.24, 2.45) is 28.6 Å². The van der Waals surface area contributed by atoms with Gasteiger partial charge in [-0.05, 0) is 99.5 Å². The number of carbonyl (C=O) groups is 1. The lowest BCUT2D eigenvalue weighted by Crippen LogP contribution is -2.36. The molecule has 1 heterocycles. The Morgan fingerprint density at radius 3 is 2.66 bits per heavy atom. The molecule has 0 amide bonds. The van der Waals surface area contributed by atoms with Gasteiger partial charge in [0, 0.05) is 6.42 Å². The molecule has 32 heavy (non-hydrogen) atoms. The van der Waals surface area contributed by atoms with Crippen LogP contribution in [0.4, 0.5) is 0 Å². The summed E-state index contributed by atoms with van der Waals surface area (Å²) in [7, 11) is 0. The lowest BCUT2D eigenvalue weighted by Gasteiger charge is -2.44. The highest BCUT2D eigenvalue weighted by atomic mass is 16.6. The number of carbonyl (C=O) groups excluding carboxylic acids is 1. The third kappa shape index (κ3) is 4.37. The van der Waals surface area contributed by atoms with E-state index in [1.54, 1.807) is 0 Å². The minimum Gasteiger partial charge on any atom is -0.462 e. The summed E-state index contributed by atoms with van der Waals surface area (Å²) < 4.78 is 5.72. The summed E-state index contributed by atoms with van der Waals surface area (Å²) in [5.41, 5.74) is 3.23. The maximum atomic E-state index is 12.1. The van der Waals surface area contributed by atoms with Crippen LogP contribution in [0, 0.1) is 28.6 Å². The summed E-state index contributed by atoms with van der Waals surface area (Å²) in [6.45, 7) is 12.9. The van der Waals surface area contributed by atoms with Crippen molar-refractivity contribution >= 4 is 5.97 Å². The molecule has 3 saturated carbocycles. The van der Waals surface area contributed by atoms with E-state index in [0.29, 0.717) is 36.0 Å². The number of rotatable bonds is 4. The number of allylic oxidation sites excluding steroid dienone is 3. The quantitative estimate of drug-likeness (QED) is 0.565. The van der Waals surface area contributed by atoms with Crippen LogP contribution in [-0.4, -0.2) is 34.5 Å². The molecule has 4 nitrogen and oxygen atoms in total. The molecular formula is C28H42O4. The number of hydrogen-bond donors (Lipinski definition) is 2. The fourth-order valence-corrected chi connectivity index (χ4v) is 7.39. The molecule has 1 saturated heterocycles. The molecule has 0 radical (unpaired) electrons. The topological polar surface area (TPSA) is 66.8 Å². The molecule has 1 aliphatic heterocycles. The summed E-state index contributed by atoms with van der Waals surface area (Å²) in [5.74, 6) is 1.74. The summed E-state index contributed by atoms with van der Waals surface area (Å²) in [6.07, 6.45) is 12.2. The fourth-order valence-electron chi connectivity index (χ4n) is 7.39. The number of fused-ring (bicyclic) bond motifs is 1. The monoisotopic (exact) mass is 442 g/mol. The molecule has 0 spiro atoms. The normalized spacial score (nSPS) is 42.9. The minimum absolute atomic E-state index is 0.0410. The van der Waals surface area contributed by atoms with Crippen LogP contribution in [0.2, 0.25) is 0 Å². The van der Waals surface area contributed by atoms with Crippen LogP contribution in [0.3, 0.4) is 0 Å². The van der Waals surface area contributed by atoms with Gasteiger partial charge in [-0.3, -0.25) is 4.79 Å². The van der Waals surface area contributed by atoms with Crippen LogP contribution in [0.15, 0.2) is 35.5 Å². The first kappa shape index (κ1) is 23.8. The molecule has 3 aliphatic carbocycles. The second kappa shape index (κ2) is 8.76. The average molecular weight is 443 g/mol. The van der Waals surface area contributed by atoms with Crippen molar-refractivity contribution in [3.05, 3.63) is 35.5 Å². The molecule has 4 aliphatic rings. The van der Waals surface area contributed by atoms with Gasteiger partial charge in [0.05, 0.1) is 17.6 Å². The van der Waals surface area contributed by atoms with Crippen molar-refractivity contribution < 1.29 is 19.7 Å². The summed E-state index contributed by atoms with van der Waals surface area (Å²) in [4.78, 5) is 12.1. The predicted octanol–water partition coefficient (Wildman–Crippen LogP) is 5.50. The third-order valence-electron chi connectivity index (χ3n) is 9.19. The highest BCUT2D eigenvalue weighted by Gasteiger charge is 2.51. The van der Waals surface area contributed by atoms with E-state index in [2.05, 4.69) is 32.6 Å². The van der Waals surface area contributed by atoms with Gasteiger partial charge in [0.1, 0.15) is 6.10 Å². The second-order valence-corrected chi connectivity index (χ2v) is 12.0. The molecule has 2 N–H and O–H groups in total. The molecule has 0 aromatic carbocycles. The van der Waals surface area contributed by atoms with E-state index in [0.717, 1.165) is 30.4 Å². The Bertz CT molecular complexity index is 821. The van der Waals surface area contributed by atoms with Gasteiger partial charge in [0.15, 0.2) is 0 Å². The van der Waals surface area contributed by atoms with E-state index in [9.17, 15) is 15.0 Å². The number of ether oxygens (including phenoxy) is 1. The van der Waals surface area contributed by atoms with Gasteiger partial charge < -0.3 is 14.9 Å². The molecule has 4 heteroatoms. The maximum absolute atomic E-state index is 12.1. The molecule has 178 valence electrons. The van der Waals surface area contributed by atoms with Crippen molar-refractivity contribution in [3.8, 4) is 0 Å². The Kier molecular flexibility index (Phi) is 6.50. The van der Waals surface area contributed by atoms with E-state index >= 15 is 0 Å². The number of cyclic esters (lactones) is 1. The SMILES string of the molecule is C=C1C(=CC=C2CCC[C@@]3(C)C2CC[C@@H]3[C@H](C)C[C@H]2CC(C)(C)C(=O)O2)CC(O)CC1O. The van der Waals surface area contributed by atoms with Gasteiger partial charge in [0.25, 0.3) is 0 Å². The van der Waals surface area contributed by atoms with Crippen molar-refractivity contribution in [1.82, 2.24) is 0 Å². The molecule has 4 fully saturated rings. The lowest BCUT2D eigenvalue weighted by molar-refractivity contribution is -0.148. The van der Waals surface area contributed by atoms with Crippen LogP contribution < -0.4 is 0 Å². The first-order valence-corrected chi connectivity index (χ1v) is 12.7. The molecule has 0 bridgehead atoms. The predicted molar refractivity (Wildman–Crippen MR) is 127 cm³/mol. The first-order chi connectivity index (χ1) is 15.0. The highest BCUT2D eigenvalue weighted by Crippen LogP contribution is 2.60. The van der Waals surface area contributed by atoms with Crippen LogP contribution in [-0.2, 0) is 9.53 Å². The molecule has 3 unspecified atom stereocenters.